The van der Waals surface area contributed by atoms with Gasteiger partial charge in [-0.3, -0.25) is 0 Å². The third kappa shape index (κ3) is 4.50. The summed E-state index contributed by atoms with van der Waals surface area (Å²) in [5.74, 6) is 1.22. The zero-order chi connectivity index (χ0) is 20.2. The molecular weight excluding hydrogens is 483 g/mol. The molecule has 29 heavy (non-hydrogen) atoms. The van der Waals surface area contributed by atoms with Crippen LogP contribution >= 0.6 is 0 Å². The van der Waals surface area contributed by atoms with Gasteiger partial charge in [-0.25, -0.2) is 0 Å². The van der Waals surface area contributed by atoms with Crippen LogP contribution in [0.3, 0.4) is 0 Å². The van der Waals surface area contributed by atoms with E-state index in [0.717, 1.165) is 29.7 Å². The third-order valence-corrected chi connectivity index (χ3v) is 7.18. The number of benzene rings is 1. The van der Waals surface area contributed by atoms with E-state index >= 15 is 0 Å². The summed E-state index contributed by atoms with van der Waals surface area (Å²) in [5.41, 5.74) is 2.88. The molecule has 2 aromatic heterocycles. The number of hydrogen-bond donors (Lipinski definition) is 2. The van der Waals surface area contributed by atoms with E-state index in [2.05, 4.69) is 32.5 Å². The second-order valence-corrected chi connectivity index (χ2v) is 9.14. The fourth-order valence-corrected chi connectivity index (χ4v) is 5.22. The number of anilines is 3. The van der Waals surface area contributed by atoms with Crippen molar-refractivity contribution in [3.05, 3.63) is 48.4 Å². The maximum absolute atomic E-state index is 11.9. The molecule has 0 aliphatic carbocycles. The van der Waals surface area contributed by atoms with Crippen molar-refractivity contribution in [2.75, 3.05) is 13.0 Å². The van der Waals surface area contributed by atoms with Gasteiger partial charge >= 0.3 is 160 Å². The Morgan fingerprint density at radius 3 is 2.90 bits per heavy atom. The van der Waals surface area contributed by atoms with Crippen LogP contribution in [0.2, 0.25) is 0 Å². The van der Waals surface area contributed by atoms with Gasteiger partial charge in [0.1, 0.15) is 0 Å². The fourth-order valence-electron chi connectivity index (χ4n) is 2.94. The van der Waals surface area contributed by atoms with E-state index in [4.69, 9.17) is 4.42 Å². The molecule has 4 rings (SSSR count). The van der Waals surface area contributed by atoms with Gasteiger partial charge in [-0.2, -0.15) is 0 Å². The van der Waals surface area contributed by atoms with Crippen molar-refractivity contribution in [2.45, 2.75) is 32.7 Å². The number of alkyl halides is 1. The Balaban J connectivity index is 1.50. The van der Waals surface area contributed by atoms with E-state index in [1.807, 2.05) is 46.7 Å². The first-order valence-electron chi connectivity index (χ1n) is 9.44. The molecule has 0 radical (unpaired) electrons. The first-order chi connectivity index (χ1) is 14.1. The summed E-state index contributed by atoms with van der Waals surface area (Å²) in [7, 11) is 0. The SMILES string of the molecule is CCCc1cnc(Nc2cccc(-c3cnc(N4[I-]CNC(=O)C4C)o3)c2)nc1. The summed E-state index contributed by atoms with van der Waals surface area (Å²) < 4.78 is 8.65. The molecule has 3 aromatic rings. The average Bonchev–Trinajstić information content (AvgIpc) is 3.22. The number of amides is 1. The molecular formula is C20H22IN6O2-. The van der Waals surface area contributed by atoms with E-state index in [9.17, 15) is 4.79 Å². The standard InChI is InChI=1S/C20H22IN6O2/c1-3-5-14-9-22-19(23-10-14)26-16-7-4-6-15(8-16)17-11-24-20(29-17)27-13(2)18(28)25-12-21-27/h4,6-11,13H,3,5,12H2,1-2H3,(H,25,28)(H,22,23,26)/q-1. The van der Waals surface area contributed by atoms with Gasteiger partial charge < -0.3 is 0 Å². The fraction of sp³-hybridized carbons (Fsp3) is 0.300. The molecule has 1 aromatic carbocycles. The molecule has 9 heteroatoms. The molecule has 1 aliphatic rings. The van der Waals surface area contributed by atoms with E-state index in [1.165, 1.54) is 0 Å². The number of halogens is 1. The quantitative estimate of drug-likeness (QED) is 0.213. The number of nitrogens with one attached hydrogen (secondary N) is 2. The number of nitrogens with zero attached hydrogens (tertiary/aromatic N) is 4. The molecule has 1 aliphatic heterocycles. The van der Waals surface area contributed by atoms with Crippen LogP contribution < -0.4 is 35.2 Å². The zero-order valence-corrected chi connectivity index (χ0v) is 18.4. The number of hydrogen-bond acceptors (Lipinski definition) is 7. The van der Waals surface area contributed by atoms with Crippen molar-refractivity contribution in [3.8, 4) is 11.3 Å². The first-order valence-corrected chi connectivity index (χ1v) is 11.9. The molecule has 152 valence electrons. The van der Waals surface area contributed by atoms with Crippen molar-refractivity contribution >= 4 is 23.6 Å². The average molecular weight is 505 g/mol. The predicted molar refractivity (Wildman–Crippen MR) is 106 cm³/mol. The predicted octanol–water partition coefficient (Wildman–Crippen LogP) is 0.114. The van der Waals surface area contributed by atoms with Gasteiger partial charge in [-0.05, 0) is 6.42 Å². The molecule has 1 amide bonds. The maximum atomic E-state index is 11.9. The van der Waals surface area contributed by atoms with Crippen LogP contribution in [0.1, 0.15) is 25.8 Å². The Morgan fingerprint density at radius 2 is 2.10 bits per heavy atom. The number of aryl methyl sites for hydroxylation is 1. The number of oxazole rings is 1. The summed E-state index contributed by atoms with van der Waals surface area (Å²) >= 11 is -0.384. The summed E-state index contributed by atoms with van der Waals surface area (Å²) in [6.07, 6.45) is 7.45. The Labute approximate surface area is 179 Å². The number of carbonyl (C=O) groups excluding carboxylic acids is 1. The molecule has 1 saturated heterocycles. The van der Waals surface area contributed by atoms with Gasteiger partial charge in [0.15, 0.2) is 0 Å². The molecule has 1 unspecified atom stereocenters. The minimum absolute atomic E-state index is 0.00635. The summed E-state index contributed by atoms with van der Waals surface area (Å²) in [5, 5.41) is 6.11. The summed E-state index contributed by atoms with van der Waals surface area (Å²) in [4.78, 5) is 25.1. The van der Waals surface area contributed by atoms with Crippen molar-refractivity contribution in [1.29, 1.82) is 0 Å². The van der Waals surface area contributed by atoms with E-state index in [1.54, 1.807) is 6.20 Å². The first kappa shape index (κ1) is 19.6. The van der Waals surface area contributed by atoms with E-state index < -0.39 is 0 Å². The zero-order valence-electron chi connectivity index (χ0n) is 16.2. The molecule has 0 saturated carbocycles. The Kier molecular flexibility index (Phi) is 5.93. The molecule has 1 atom stereocenters. The number of carbonyl (C=O) groups is 1. The number of aromatic nitrogens is 3. The molecule has 3 heterocycles. The van der Waals surface area contributed by atoms with E-state index in [0.29, 0.717) is 22.3 Å². The van der Waals surface area contributed by atoms with Crippen LogP contribution in [-0.2, 0) is 11.2 Å². The van der Waals surface area contributed by atoms with Gasteiger partial charge in [0.2, 0.25) is 0 Å². The molecule has 1 fully saturated rings. The van der Waals surface area contributed by atoms with Gasteiger partial charge in [-0.15, -0.1) is 0 Å². The van der Waals surface area contributed by atoms with Crippen LogP contribution in [-0.4, -0.2) is 31.5 Å². The number of rotatable bonds is 6. The van der Waals surface area contributed by atoms with Crippen LogP contribution in [0.4, 0.5) is 17.7 Å². The van der Waals surface area contributed by atoms with Crippen LogP contribution in [0, 0.1) is 0 Å². The van der Waals surface area contributed by atoms with Gasteiger partial charge in [0.25, 0.3) is 0 Å². The Bertz CT molecular complexity index is 991. The normalized spacial score (nSPS) is 16.8. The summed E-state index contributed by atoms with van der Waals surface area (Å²) in [6, 6.07) is 8.06. The van der Waals surface area contributed by atoms with Crippen molar-refractivity contribution in [3.63, 3.8) is 0 Å². The second kappa shape index (κ2) is 8.76. The summed E-state index contributed by atoms with van der Waals surface area (Å²) in [6.45, 7) is 4.00. The van der Waals surface area contributed by atoms with Crippen LogP contribution in [0.5, 0.6) is 0 Å². The molecule has 0 bridgehead atoms. The third-order valence-electron chi connectivity index (χ3n) is 4.47. The Hall–Kier alpha value is -2.69. The van der Waals surface area contributed by atoms with Gasteiger partial charge in [-0.1, -0.05) is 13.3 Å². The Morgan fingerprint density at radius 1 is 1.28 bits per heavy atom. The van der Waals surface area contributed by atoms with Crippen LogP contribution in [0.15, 0.2) is 47.3 Å². The van der Waals surface area contributed by atoms with Crippen molar-refractivity contribution in [1.82, 2.24) is 20.3 Å². The minimum atomic E-state index is -0.384. The topological polar surface area (TPSA) is 96.2 Å². The second-order valence-electron chi connectivity index (χ2n) is 6.66. The van der Waals surface area contributed by atoms with E-state index in [-0.39, 0.29) is 33.4 Å². The van der Waals surface area contributed by atoms with Crippen molar-refractivity contribution < 1.29 is 30.7 Å². The molecule has 8 nitrogen and oxygen atoms in total. The molecule has 0 spiro atoms. The van der Waals surface area contributed by atoms with Gasteiger partial charge in [0.05, 0.1) is 0 Å². The van der Waals surface area contributed by atoms with Crippen LogP contribution in [0.25, 0.3) is 11.3 Å². The molecule has 2 N–H and O–H groups in total. The van der Waals surface area contributed by atoms with Crippen molar-refractivity contribution in [2.24, 2.45) is 0 Å². The van der Waals surface area contributed by atoms with Gasteiger partial charge in [0, 0.05) is 0 Å². The monoisotopic (exact) mass is 505 g/mol.